The predicted octanol–water partition coefficient (Wildman–Crippen LogP) is 4.08. The molecule has 1 saturated heterocycles. The topological polar surface area (TPSA) is 150 Å². The summed E-state index contributed by atoms with van der Waals surface area (Å²) in [6, 6.07) is -0.211. The number of esters is 1. The van der Waals surface area contributed by atoms with E-state index in [4.69, 9.17) is 26.7 Å². The number of hydrogen-bond acceptors (Lipinski definition) is 7. The number of nitrogens with zero attached hydrogens (tertiary/aromatic N) is 2. The van der Waals surface area contributed by atoms with Crippen LogP contribution in [0.2, 0.25) is 0 Å². The Morgan fingerprint density at radius 3 is 2.28 bits per heavy atom. The predicted molar refractivity (Wildman–Crippen MR) is 147 cm³/mol. The largest absolute Gasteiger partial charge is 0.465 e. The van der Waals surface area contributed by atoms with Gasteiger partial charge in [0.25, 0.3) is 0 Å². The van der Waals surface area contributed by atoms with Crippen LogP contribution in [-0.2, 0) is 14.3 Å². The highest BCUT2D eigenvalue weighted by molar-refractivity contribution is 5.84. The highest BCUT2D eigenvalue weighted by Gasteiger charge is 2.53. The fourth-order valence-corrected chi connectivity index (χ4v) is 5.35. The van der Waals surface area contributed by atoms with Crippen LogP contribution < -0.4 is 22.5 Å². The van der Waals surface area contributed by atoms with Gasteiger partial charge in [-0.3, -0.25) is 9.79 Å². The second-order valence-electron chi connectivity index (χ2n) is 10.4. The van der Waals surface area contributed by atoms with E-state index in [1.54, 1.807) is 0 Å². The van der Waals surface area contributed by atoms with Gasteiger partial charge in [-0.15, -0.1) is 0 Å². The maximum absolute atomic E-state index is 13.2. The molecule has 2 aliphatic rings. The van der Waals surface area contributed by atoms with Crippen molar-refractivity contribution in [3.63, 3.8) is 0 Å². The summed E-state index contributed by atoms with van der Waals surface area (Å²) >= 11 is 0. The number of nitrogens with one attached hydrogen (secondary N) is 1. The van der Waals surface area contributed by atoms with Gasteiger partial charge < -0.3 is 32.0 Å². The van der Waals surface area contributed by atoms with Gasteiger partial charge in [-0.2, -0.15) is 0 Å². The standard InChI is InChI=1S/C27H52N6O3/c1-2-3-4-5-6-7-8-9-10-11-13-17-22-23(27(18-16-21-36-27)33-26(30)32-22)24(34)35-20-15-12-14-19-31-25(28)29/h22-23H,2-21H2,1H3,(H4,28,29,31)(H3,30,32,33)/t22-,23-,27+/m0/s1. The lowest BCUT2D eigenvalue weighted by atomic mass is 9.82. The summed E-state index contributed by atoms with van der Waals surface area (Å²) in [6.07, 6.45) is 19.1. The second kappa shape index (κ2) is 17.4. The molecule has 3 atom stereocenters. The van der Waals surface area contributed by atoms with Crippen LogP contribution in [0.1, 0.15) is 116 Å². The fourth-order valence-electron chi connectivity index (χ4n) is 5.35. The zero-order valence-electron chi connectivity index (χ0n) is 22.6. The molecule has 36 heavy (non-hydrogen) atoms. The van der Waals surface area contributed by atoms with E-state index < -0.39 is 11.6 Å². The van der Waals surface area contributed by atoms with E-state index in [1.165, 1.54) is 57.8 Å². The van der Waals surface area contributed by atoms with E-state index in [0.29, 0.717) is 25.7 Å². The number of nitrogens with two attached hydrogens (primary N) is 3. The third-order valence-electron chi connectivity index (χ3n) is 7.28. The molecule has 0 unspecified atom stereocenters. The Hall–Kier alpha value is -2.03. The van der Waals surface area contributed by atoms with Crippen molar-refractivity contribution >= 4 is 17.9 Å². The first kappa shape index (κ1) is 30.2. The third kappa shape index (κ3) is 10.9. The summed E-state index contributed by atoms with van der Waals surface area (Å²) < 4.78 is 11.8. The average molecular weight is 509 g/mol. The van der Waals surface area contributed by atoms with Crippen LogP contribution in [-0.4, -0.2) is 49.4 Å². The zero-order valence-corrected chi connectivity index (χ0v) is 22.6. The molecular formula is C27H52N6O3. The molecule has 0 amide bonds. The molecule has 7 N–H and O–H groups in total. The van der Waals surface area contributed by atoms with Crippen molar-refractivity contribution in [1.82, 2.24) is 5.32 Å². The van der Waals surface area contributed by atoms with Crippen LogP contribution in [0.3, 0.4) is 0 Å². The molecule has 2 aliphatic heterocycles. The van der Waals surface area contributed by atoms with E-state index >= 15 is 0 Å². The van der Waals surface area contributed by atoms with Crippen LogP contribution in [0.25, 0.3) is 0 Å². The summed E-state index contributed by atoms with van der Waals surface area (Å²) in [5, 5.41) is 3.19. The molecule has 9 heteroatoms. The monoisotopic (exact) mass is 508 g/mol. The summed E-state index contributed by atoms with van der Waals surface area (Å²) in [7, 11) is 0. The highest BCUT2D eigenvalue weighted by Crippen LogP contribution is 2.38. The van der Waals surface area contributed by atoms with E-state index in [1.807, 2.05) is 0 Å². The maximum Gasteiger partial charge on any atom is 0.316 e. The van der Waals surface area contributed by atoms with E-state index in [-0.39, 0.29) is 18.0 Å². The minimum absolute atomic E-state index is 0.108. The lowest BCUT2D eigenvalue weighted by molar-refractivity contribution is -0.165. The lowest BCUT2D eigenvalue weighted by Crippen LogP contribution is -2.64. The molecule has 0 aromatic heterocycles. The molecule has 1 spiro atoms. The van der Waals surface area contributed by atoms with Gasteiger partial charge in [0.05, 0.1) is 12.6 Å². The summed E-state index contributed by atoms with van der Waals surface area (Å²) in [5.74, 6) is -0.236. The molecule has 9 nitrogen and oxygen atoms in total. The number of aliphatic imine (C=N–C) groups is 2. The minimum atomic E-state index is -0.793. The molecule has 0 bridgehead atoms. The molecule has 0 aromatic rings. The number of guanidine groups is 2. The van der Waals surface area contributed by atoms with Crippen LogP contribution >= 0.6 is 0 Å². The Labute approximate surface area is 218 Å². The van der Waals surface area contributed by atoms with Crippen molar-refractivity contribution in [3.05, 3.63) is 0 Å². The normalized spacial score (nSPS) is 23.3. The Balaban J connectivity index is 1.76. The molecule has 0 aliphatic carbocycles. The molecule has 0 radical (unpaired) electrons. The maximum atomic E-state index is 13.2. The van der Waals surface area contributed by atoms with Crippen LogP contribution in [0, 0.1) is 5.92 Å². The van der Waals surface area contributed by atoms with Gasteiger partial charge in [-0.25, -0.2) is 4.99 Å². The first-order valence-corrected chi connectivity index (χ1v) is 14.5. The SMILES string of the molecule is CCCCCCCCCCCCC[C@@H]1N=C(N)N[C@@]2(CCCO2)[C@@H]1C(=O)OCCCCCN=C(N)N. The minimum Gasteiger partial charge on any atom is -0.465 e. The number of carbonyl (C=O) groups excluding carboxylic acids is 1. The fraction of sp³-hybridized carbons (Fsp3) is 0.889. The molecule has 2 heterocycles. The number of hydrogen-bond donors (Lipinski definition) is 4. The Kier molecular flexibility index (Phi) is 14.6. The van der Waals surface area contributed by atoms with E-state index in [0.717, 1.165) is 51.4 Å². The number of ether oxygens (including phenoxy) is 2. The molecule has 0 aromatic carbocycles. The first-order chi connectivity index (χ1) is 17.5. The van der Waals surface area contributed by atoms with Crippen LogP contribution in [0.15, 0.2) is 9.98 Å². The molecular weight excluding hydrogens is 456 g/mol. The smallest absolute Gasteiger partial charge is 0.316 e. The van der Waals surface area contributed by atoms with Crippen molar-refractivity contribution in [1.29, 1.82) is 0 Å². The van der Waals surface area contributed by atoms with Crippen LogP contribution in [0.4, 0.5) is 0 Å². The van der Waals surface area contributed by atoms with Gasteiger partial charge in [0, 0.05) is 13.2 Å². The first-order valence-electron chi connectivity index (χ1n) is 14.5. The average Bonchev–Trinajstić information content (AvgIpc) is 3.29. The van der Waals surface area contributed by atoms with Crippen LogP contribution in [0.5, 0.6) is 0 Å². The van der Waals surface area contributed by atoms with Gasteiger partial charge in [-0.05, 0) is 38.5 Å². The van der Waals surface area contributed by atoms with Crippen molar-refractivity contribution in [3.8, 4) is 0 Å². The van der Waals surface area contributed by atoms with Gasteiger partial charge >= 0.3 is 5.97 Å². The summed E-state index contributed by atoms with van der Waals surface area (Å²) in [4.78, 5) is 21.9. The zero-order chi connectivity index (χ0) is 26.1. The third-order valence-corrected chi connectivity index (χ3v) is 7.28. The Morgan fingerprint density at radius 1 is 1.03 bits per heavy atom. The van der Waals surface area contributed by atoms with Gasteiger partial charge in [0.2, 0.25) is 0 Å². The Morgan fingerprint density at radius 2 is 1.67 bits per heavy atom. The highest BCUT2D eigenvalue weighted by atomic mass is 16.5. The van der Waals surface area contributed by atoms with E-state index in [9.17, 15) is 4.79 Å². The molecule has 1 fully saturated rings. The summed E-state index contributed by atoms with van der Waals surface area (Å²) in [5.41, 5.74) is 16.0. The quantitative estimate of drug-likeness (QED) is 0.0888. The Bertz CT molecular complexity index is 674. The molecule has 0 saturated carbocycles. The molecule has 208 valence electrons. The van der Waals surface area contributed by atoms with Crippen molar-refractivity contribution < 1.29 is 14.3 Å². The van der Waals surface area contributed by atoms with Gasteiger partial charge in [0.15, 0.2) is 17.6 Å². The van der Waals surface area contributed by atoms with Crippen molar-refractivity contribution in [2.75, 3.05) is 19.8 Å². The van der Waals surface area contributed by atoms with E-state index in [2.05, 4.69) is 22.2 Å². The number of rotatable bonds is 19. The number of carbonyl (C=O) groups is 1. The number of unbranched alkanes of at least 4 members (excludes halogenated alkanes) is 12. The van der Waals surface area contributed by atoms with Gasteiger partial charge in [-0.1, -0.05) is 77.6 Å². The lowest BCUT2D eigenvalue weighted by Gasteiger charge is -2.42. The molecule has 2 rings (SSSR count). The van der Waals surface area contributed by atoms with Gasteiger partial charge in [0.1, 0.15) is 5.92 Å². The second-order valence-corrected chi connectivity index (χ2v) is 10.4. The van der Waals surface area contributed by atoms with Crippen molar-refractivity contribution in [2.45, 2.75) is 128 Å². The summed E-state index contributed by atoms with van der Waals surface area (Å²) in [6.45, 7) is 3.84. The van der Waals surface area contributed by atoms with Crippen molar-refractivity contribution in [2.24, 2.45) is 33.1 Å².